The number of hydrogen-bond acceptors (Lipinski definition) is 8. The monoisotopic (exact) mass is 411 g/mol. The largest absolute Gasteiger partial charge is 0.353 e. The van der Waals surface area contributed by atoms with Crippen molar-refractivity contribution in [3.05, 3.63) is 52.8 Å². The molecule has 1 aliphatic rings. The molecule has 0 N–H and O–H groups in total. The van der Waals surface area contributed by atoms with Crippen LogP contribution in [0.4, 0.5) is 5.13 Å². The van der Waals surface area contributed by atoms with Crippen LogP contribution in [-0.2, 0) is 13.1 Å². The summed E-state index contributed by atoms with van der Waals surface area (Å²) in [6, 6.07) is 7.20. The van der Waals surface area contributed by atoms with Crippen molar-refractivity contribution in [1.29, 1.82) is 0 Å². The molecule has 4 heterocycles. The molecular weight excluding hydrogens is 386 g/mol. The Labute approximate surface area is 174 Å². The van der Waals surface area contributed by atoms with Crippen molar-refractivity contribution in [1.82, 2.24) is 29.0 Å². The minimum atomic E-state index is -0.0480. The molecule has 29 heavy (non-hydrogen) atoms. The fourth-order valence-corrected chi connectivity index (χ4v) is 4.11. The Hall–Kier alpha value is -2.65. The average molecular weight is 412 g/mol. The predicted molar refractivity (Wildman–Crippen MR) is 114 cm³/mol. The molecule has 0 aliphatic carbocycles. The van der Waals surface area contributed by atoms with E-state index in [0.717, 1.165) is 54.7 Å². The number of aromatic nitrogens is 5. The average Bonchev–Trinajstić information content (AvgIpc) is 3.21. The molecule has 1 aliphatic heterocycles. The maximum Gasteiger partial charge on any atom is 0.266 e. The van der Waals surface area contributed by atoms with Crippen LogP contribution in [0.5, 0.6) is 0 Å². The van der Waals surface area contributed by atoms with Crippen molar-refractivity contribution < 1.29 is 0 Å². The van der Waals surface area contributed by atoms with Crippen molar-refractivity contribution in [2.45, 2.75) is 25.9 Å². The zero-order valence-electron chi connectivity index (χ0n) is 16.7. The van der Waals surface area contributed by atoms with Crippen LogP contribution in [0.2, 0.25) is 0 Å². The number of piperidine rings is 1. The van der Waals surface area contributed by atoms with E-state index in [2.05, 4.69) is 24.3 Å². The van der Waals surface area contributed by atoms with Crippen LogP contribution in [0, 0.1) is 5.92 Å². The van der Waals surface area contributed by atoms with E-state index in [4.69, 9.17) is 0 Å². The van der Waals surface area contributed by atoms with Gasteiger partial charge in [0.15, 0.2) is 5.82 Å². The van der Waals surface area contributed by atoms with Gasteiger partial charge in [-0.1, -0.05) is 0 Å². The van der Waals surface area contributed by atoms with Crippen molar-refractivity contribution in [2.24, 2.45) is 5.92 Å². The molecule has 152 valence electrons. The van der Waals surface area contributed by atoms with E-state index in [1.54, 1.807) is 29.2 Å². The summed E-state index contributed by atoms with van der Waals surface area (Å²) in [5, 5.41) is 5.52. The van der Waals surface area contributed by atoms with Gasteiger partial charge in [-0.25, -0.2) is 9.67 Å². The van der Waals surface area contributed by atoms with Gasteiger partial charge in [-0.2, -0.15) is 9.47 Å². The summed E-state index contributed by atoms with van der Waals surface area (Å²) in [6.45, 7) is 3.41. The highest BCUT2D eigenvalue weighted by Crippen LogP contribution is 2.22. The Morgan fingerprint density at radius 3 is 2.59 bits per heavy atom. The molecule has 0 amide bonds. The highest BCUT2D eigenvalue weighted by atomic mass is 32.1. The van der Waals surface area contributed by atoms with Gasteiger partial charge in [0.25, 0.3) is 5.56 Å². The molecule has 0 aromatic carbocycles. The first-order chi connectivity index (χ1) is 14.1. The molecule has 8 nitrogen and oxygen atoms in total. The van der Waals surface area contributed by atoms with Gasteiger partial charge in [0.05, 0.1) is 12.2 Å². The smallest absolute Gasteiger partial charge is 0.266 e. The number of likely N-dealkylation sites (tertiary alicyclic amines) is 1. The van der Waals surface area contributed by atoms with E-state index in [1.165, 1.54) is 11.5 Å². The van der Waals surface area contributed by atoms with E-state index in [-0.39, 0.29) is 5.56 Å². The third kappa shape index (κ3) is 4.86. The zero-order chi connectivity index (χ0) is 20.2. The fraction of sp³-hybridized carbons (Fsp3) is 0.450. The lowest BCUT2D eigenvalue weighted by molar-refractivity contribution is 0.161. The van der Waals surface area contributed by atoms with Crippen LogP contribution >= 0.6 is 11.5 Å². The van der Waals surface area contributed by atoms with E-state index in [1.807, 2.05) is 31.1 Å². The predicted octanol–water partition coefficient (Wildman–Crippen LogP) is 2.13. The van der Waals surface area contributed by atoms with Gasteiger partial charge in [0.2, 0.25) is 5.13 Å². The van der Waals surface area contributed by atoms with Gasteiger partial charge < -0.3 is 4.90 Å². The molecule has 0 bridgehead atoms. The third-order valence-corrected chi connectivity index (χ3v) is 6.11. The maximum absolute atomic E-state index is 12.3. The van der Waals surface area contributed by atoms with E-state index >= 15 is 0 Å². The molecule has 3 aromatic heterocycles. The zero-order valence-corrected chi connectivity index (χ0v) is 17.5. The van der Waals surface area contributed by atoms with Crippen LogP contribution in [0.1, 0.15) is 18.7 Å². The van der Waals surface area contributed by atoms with Gasteiger partial charge in [-0.05, 0) is 50.0 Å². The van der Waals surface area contributed by atoms with E-state index in [0.29, 0.717) is 12.5 Å². The number of anilines is 1. The molecule has 0 radical (unpaired) electrons. The first-order valence-corrected chi connectivity index (χ1v) is 10.6. The summed E-state index contributed by atoms with van der Waals surface area (Å²) < 4.78 is 6.07. The Balaban J connectivity index is 1.35. The van der Waals surface area contributed by atoms with Crippen molar-refractivity contribution in [3.8, 4) is 11.3 Å². The lowest BCUT2D eigenvalue weighted by Crippen LogP contribution is -2.36. The summed E-state index contributed by atoms with van der Waals surface area (Å²) in [5.41, 5.74) is 1.72. The highest BCUT2D eigenvalue weighted by molar-refractivity contribution is 7.09. The molecule has 0 unspecified atom stereocenters. The first kappa shape index (κ1) is 19.7. The van der Waals surface area contributed by atoms with Gasteiger partial charge in [0.1, 0.15) is 0 Å². The first-order valence-electron chi connectivity index (χ1n) is 9.79. The third-order valence-electron chi connectivity index (χ3n) is 5.19. The van der Waals surface area contributed by atoms with Gasteiger partial charge in [-0.3, -0.25) is 14.7 Å². The molecule has 9 heteroatoms. The van der Waals surface area contributed by atoms with E-state index < -0.39 is 0 Å². The van der Waals surface area contributed by atoms with Crippen molar-refractivity contribution in [3.63, 3.8) is 0 Å². The topological polar surface area (TPSA) is 80.0 Å². The molecule has 1 fully saturated rings. The Morgan fingerprint density at radius 2 is 1.90 bits per heavy atom. The van der Waals surface area contributed by atoms with Gasteiger partial charge >= 0.3 is 0 Å². The molecule has 3 aromatic rings. The molecular formula is C20H25N7OS. The SMILES string of the molecule is CN(C)c1nc(CN2CCC(Cn3nc(-c4ccncc4)ccc3=O)CC2)ns1. The van der Waals surface area contributed by atoms with Crippen LogP contribution < -0.4 is 10.5 Å². The second-order valence-electron chi connectivity index (χ2n) is 7.58. The Kier molecular flexibility index (Phi) is 5.96. The number of nitrogens with zero attached hydrogens (tertiary/aromatic N) is 7. The fourth-order valence-electron chi connectivity index (χ4n) is 3.52. The minimum absolute atomic E-state index is 0.0480. The second kappa shape index (κ2) is 8.79. The van der Waals surface area contributed by atoms with Gasteiger partial charge in [0, 0.05) is 56.2 Å². The number of pyridine rings is 1. The molecule has 0 atom stereocenters. The summed E-state index contributed by atoms with van der Waals surface area (Å²) in [5.74, 6) is 1.34. The summed E-state index contributed by atoms with van der Waals surface area (Å²) in [4.78, 5) is 25.3. The standard InChI is InChI=1S/C20H25N7OS/c1-25(2)20-22-18(24-29-20)14-26-11-7-15(8-12-26)13-27-19(28)4-3-17(23-27)16-5-9-21-10-6-16/h3-6,9-10,15H,7-8,11-14H2,1-2H3. The van der Waals surface area contributed by atoms with Crippen molar-refractivity contribution in [2.75, 3.05) is 32.1 Å². The lowest BCUT2D eigenvalue weighted by atomic mass is 9.97. The summed E-state index contributed by atoms with van der Waals surface area (Å²) in [7, 11) is 3.96. The van der Waals surface area contributed by atoms with Crippen LogP contribution in [-0.4, -0.2) is 56.2 Å². The van der Waals surface area contributed by atoms with Crippen LogP contribution in [0.15, 0.2) is 41.5 Å². The minimum Gasteiger partial charge on any atom is -0.353 e. The Morgan fingerprint density at radius 1 is 1.14 bits per heavy atom. The van der Waals surface area contributed by atoms with Crippen LogP contribution in [0.3, 0.4) is 0 Å². The number of hydrogen-bond donors (Lipinski definition) is 0. The highest BCUT2D eigenvalue weighted by Gasteiger charge is 2.22. The van der Waals surface area contributed by atoms with Crippen LogP contribution in [0.25, 0.3) is 11.3 Å². The molecule has 1 saturated heterocycles. The lowest BCUT2D eigenvalue weighted by Gasteiger charge is -2.31. The maximum atomic E-state index is 12.3. The summed E-state index contributed by atoms with van der Waals surface area (Å²) >= 11 is 1.44. The van der Waals surface area contributed by atoms with Crippen molar-refractivity contribution >= 4 is 16.7 Å². The normalized spacial score (nSPS) is 15.5. The quantitative estimate of drug-likeness (QED) is 0.615. The number of rotatable bonds is 6. The van der Waals surface area contributed by atoms with E-state index in [9.17, 15) is 4.79 Å². The molecule has 4 rings (SSSR count). The second-order valence-corrected chi connectivity index (χ2v) is 8.31. The Bertz CT molecular complexity index is 993. The van der Waals surface area contributed by atoms with Gasteiger partial charge in [-0.15, -0.1) is 0 Å². The summed E-state index contributed by atoms with van der Waals surface area (Å²) in [6.07, 6.45) is 5.55. The molecule has 0 saturated carbocycles. The molecule has 0 spiro atoms.